The van der Waals surface area contributed by atoms with Crippen molar-refractivity contribution in [1.29, 1.82) is 0 Å². The van der Waals surface area contributed by atoms with Gasteiger partial charge in [0.2, 0.25) is 5.91 Å². The molecule has 2 aliphatic heterocycles. The predicted octanol–water partition coefficient (Wildman–Crippen LogP) is 0.397. The lowest BCUT2D eigenvalue weighted by atomic mass is 10.0. The number of aromatic nitrogens is 3. The van der Waals surface area contributed by atoms with E-state index in [0.29, 0.717) is 22.6 Å². The number of rotatable bonds is 8. The molecule has 4 rings (SSSR count). The first kappa shape index (κ1) is 28.8. The number of anilines is 1. The van der Waals surface area contributed by atoms with Crippen molar-refractivity contribution in [3.05, 3.63) is 41.2 Å². The molecule has 0 radical (unpaired) electrons. The molecule has 40 heavy (non-hydrogen) atoms. The normalized spacial score (nSPS) is 18.0. The lowest BCUT2D eigenvalue weighted by molar-refractivity contribution is -0.150. The van der Waals surface area contributed by atoms with Crippen molar-refractivity contribution in [3.63, 3.8) is 0 Å². The highest BCUT2D eigenvalue weighted by Gasteiger charge is 2.54. The number of thioether (sulfide) groups is 2. The van der Waals surface area contributed by atoms with Crippen LogP contribution in [0.4, 0.5) is 15.3 Å². The van der Waals surface area contributed by atoms with E-state index in [4.69, 9.17) is 0 Å². The van der Waals surface area contributed by atoms with Crippen molar-refractivity contribution < 1.29 is 34.2 Å². The Hall–Kier alpha value is -4.25. The molecule has 1 aromatic heterocycles. The van der Waals surface area contributed by atoms with E-state index in [0.717, 1.165) is 9.93 Å². The molecule has 1 fully saturated rings. The number of carbonyl (C=O) groups excluding carboxylic acids is 4. The van der Waals surface area contributed by atoms with Crippen LogP contribution in [0.15, 0.2) is 40.7 Å². The zero-order valence-electron chi connectivity index (χ0n) is 21.6. The number of hydrogen-bond acceptors (Lipinski definition) is 10. The Morgan fingerprint density at radius 3 is 2.65 bits per heavy atom. The molecule has 1 saturated heterocycles. The second kappa shape index (κ2) is 11.9. The van der Waals surface area contributed by atoms with Gasteiger partial charge in [0.1, 0.15) is 27.9 Å². The number of aliphatic carboxylic acids is 1. The zero-order valence-corrected chi connectivity index (χ0v) is 23.2. The molecule has 0 spiro atoms. The maximum Gasteiger partial charge on any atom is 0.352 e. The zero-order chi connectivity index (χ0) is 29.1. The van der Waals surface area contributed by atoms with Gasteiger partial charge < -0.3 is 26.2 Å². The van der Waals surface area contributed by atoms with Crippen LogP contribution < -0.4 is 16.0 Å². The van der Waals surface area contributed by atoms with Gasteiger partial charge in [-0.05, 0) is 17.2 Å². The molecule has 0 aliphatic carbocycles. The van der Waals surface area contributed by atoms with Crippen molar-refractivity contribution in [2.75, 3.05) is 30.9 Å². The van der Waals surface area contributed by atoms with Gasteiger partial charge in [-0.3, -0.25) is 14.5 Å². The Morgan fingerprint density at radius 1 is 1.25 bits per heavy atom. The summed E-state index contributed by atoms with van der Waals surface area (Å²) < 4.78 is 1.57. The minimum absolute atomic E-state index is 0.0920. The van der Waals surface area contributed by atoms with Gasteiger partial charge in [0.05, 0.1) is 12.6 Å². The highest BCUT2D eigenvalue weighted by Crippen LogP contribution is 2.41. The largest absolute Gasteiger partial charge is 0.508 e. The number of nitrogens with zero attached hydrogens (tertiary/aromatic N) is 5. The Morgan fingerprint density at radius 2 is 2.00 bits per heavy atom. The third kappa shape index (κ3) is 5.84. The van der Waals surface area contributed by atoms with E-state index in [1.807, 2.05) is 0 Å². The quantitative estimate of drug-likeness (QED) is 0.211. The smallest absolute Gasteiger partial charge is 0.352 e. The van der Waals surface area contributed by atoms with Gasteiger partial charge in [-0.1, -0.05) is 11.3 Å². The maximum atomic E-state index is 13.0. The fourth-order valence-electron chi connectivity index (χ4n) is 4.06. The van der Waals surface area contributed by atoms with E-state index in [-0.39, 0.29) is 23.6 Å². The van der Waals surface area contributed by atoms with Gasteiger partial charge in [0.15, 0.2) is 0 Å². The number of amides is 6. The van der Waals surface area contributed by atoms with Crippen molar-refractivity contribution in [3.8, 4) is 5.75 Å². The van der Waals surface area contributed by atoms with Crippen molar-refractivity contribution >= 4 is 59.1 Å². The number of carboxylic acid groups (broad SMARTS) is 1. The molecule has 3 heterocycles. The summed E-state index contributed by atoms with van der Waals surface area (Å²) in [6.07, 6.45) is 1.30. The molecule has 212 valence electrons. The number of fused-ring (bicyclic) bond motifs is 1. The van der Waals surface area contributed by atoms with E-state index in [1.54, 1.807) is 17.9 Å². The topological polar surface area (TPSA) is 199 Å². The molecule has 2 unspecified atom stereocenters. The first-order valence-corrected chi connectivity index (χ1v) is 13.8. The number of carbonyl (C=O) groups is 5. The lowest BCUT2D eigenvalue weighted by Crippen LogP contribution is -2.70. The molecule has 2 aliphatic rings. The molecule has 15 nitrogen and oxygen atoms in total. The van der Waals surface area contributed by atoms with Crippen LogP contribution >= 0.6 is 23.5 Å². The molecule has 2 atom stereocenters. The molecule has 5 N–H and O–H groups in total. The summed E-state index contributed by atoms with van der Waals surface area (Å²) in [6.45, 7) is 0. The Bertz CT molecular complexity index is 1410. The molecule has 6 amide bonds. The number of hydrogen-bond donors (Lipinski definition) is 5. The number of carboxylic acids is 1. The first-order valence-electron chi connectivity index (χ1n) is 11.8. The highest BCUT2D eigenvalue weighted by atomic mass is 32.2. The number of aryl methyl sites for hydroxylation is 1. The van der Waals surface area contributed by atoms with Gasteiger partial charge in [-0.15, -0.1) is 28.6 Å². The number of benzene rings is 1. The fraction of sp³-hybridized carbons (Fsp3) is 0.348. The van der Waals surface area contributed by atoms with Gasteiger partial charge in [0.25, 0.3) is 5.91 Å². The minimum Gasteiger partial charge on any atom is -0.508 e. The van der Waals surface area contributed by atoms with Crippen molar-refractivity contribution in [2.45, 2.75) is 22.9 Å². The van der Waals surface area contributed by atoms with Crippen molar-refractivity contribution in [2.24, 2.45) is 7.05 Å². The van der Waals surface area contributed by atoms with Crippen LogP contribution in [-0.2, 0) is 27.9 Å². The SMILES string of the molecule is CNC(=O)N(C)C(=O)Nc1cc(O)ccc1CC(=O)NC1C(=O)N2C(C(=O)O)=C(CSc3cnnn3C)CSC12. The Kier molecular flexibility index (Phi) is 8.53. The summed E-state index contributed by atoms with van der Waals surface area (Å²) in [5, 5.41) is 35.0. The summed E-state index contributed by atoms with van der Waals surface area (Å²) in [6, 6.07) is 1.60. The maximum absolute atomic E-state index is 13.0. The number of phenols is 1. The summed E-state index contributed by atoms with van der Waals surface area (Å²) in [4.78, 5) is 64.1. The molecular formula is C23H26N8O7S2. The van der Waals surface area contributed by atoms with Crippen LogP contribution in [0.2, 0.25) is 0 Å². The number of urea groups is 2. The van der Waals surface area contributed by atoms with E-state index in [1.165, 1.54) is 60.7 Å². The molecule has 0 bridgehead atoms. The lowest BCUT2D eigenvalue weighted by Gasteiger charge is -2.49. The van der Waals surface area contributed by atoms with Crippen molar-refractivity contribution in [1.82, 2.24) is 35.4 Å². The summed E-state index contributed by atoms with van der Waals surface area (Å²) in [5.74, 6) is -1.81. The monoisotopic (exact) mass is 590 g/mol. The van der Waals surface area contributed by atoms with Crippen LogP contribution in [0.3, 0.4) is 0 Å². The number of phenolic OH excluding ortho intramolecular Hbond substituents is 1. The van der Waals surface area contributed by atoms with Crippen LogP contribution in [0.25, 0.3) is 0 Å². The second-order valence-corrected chi connectivity index (χ2v) is 10.9. The van der Waals surface area contributed by atoms with Crippen LogP contribution in [0, 0.1) is 0 Å². The third-order valence-corrected chi connectivity index (χ3v) is 8.64. The van der Waals surface area contributed by atoms with E-state index in [9.17, 15) is 34.2 Å². The molecule has 17 heteroatoms. The van der Waals surface area contributed by atoms with Gasteiger partial charge >= 0.3 is 18.0 Å². The molecular weight excluding hydrogens is 564 g/mol. The number of aromatic hydroxyl groups is 1. The average Bonchev–Trinajstić information content (AvgIpc) is 3.34. The summed E-state index contributed by atoms with van der Waals surface area (Å²) in [5.41, 5.74) is 0.908. The van der Waals surface area contributed by atoms with Crippen LogP contribution in [0.5, 0.6) is 5.75 Å². The van der Waals surface area contributed by atoms with E-state index < -0.39 is 41.3 Å². The first-order chi connectivity index (χ1) is 19.0. The number of imide groups is 1. The Labute approximate surface area is 236 Å². The third-order valence-electron chi connectivity index (χ3n) is 6.14. The van der Waals surface area contributed by atoms with Gasteiger partial charge in [-0.25, -0.2) is 24.0 Å². The standard InChI is InChI=1S/C23H26N8O7S2/c1-24-22(37)29(2)23(38)26-14-7-13(32)5-4-11(14)6-15(33)27-17-19(34)31-18(21(35)36)12(10-40-20(17)31)9-39-16-8-25-28-30(16)3/h4-5,7-8,17,20,32H,6,9-10H2,1-3H3,(H,24,37)(H,26,38)(H,27,33)(H,35,36). The Balaban J connectivity index is 1.43. The summed E-state index contributed by atoms with van der Waals surface area (Å²) in [7, 11) is 4.33. The van der Waals surface area contributed by atoms with Gasteiger partial charge in [0, 0.05) is 44.4 Å². The molecule has 1 aromatic carbocycles. The second-order valence-electron chi connectivity index (χ2n) is 8.76. The predicted molar refractivity (Wildman–Crippen MR) is 144 cm³/mol. The highest BCUT2D eigenvalue weighted by molar-refractivity contribution is 8.01. The van der Waals surface area contributed by atoms with E-state index in [2.05, 4.69) is 26.3 Å². The molecule has 0 saturated carbocycles. The summed E-state index contributed by atoms with van der Waals surface area (Å²) >= 11 is 2.71. The van der Waals surface area contributed by atoms with E-state index >= 15 is 0 Å². The van der Waals surface area contributed by atoms with Crippen LogP contribution in [0.1, 0.15) is 5.56 Å². The van der Waals surface area contributed by atoms with Crippen LogP contribution in [-0.4, -0.2) is 102 Å². The number of β-lactam (4-membered cyclic amide) rings is 1. The average molecular weight is 591 g/mol. The molecule has 2 aromatic rings. The number of nitrogens with one attached hydrogen (secondary N) is 3. The van der Waals surface area contributed by atoms with Gasteiger partial charge in [-0.2, -0.15) is 0 Å². The fourth-order valence-corrected chi connectivity index (χ4v) is 6.44. The minimum atomic E-state index is -1.23.